The second-order valence-electron chi connectivity index (χ2n) is 9.03. The van der Waals surface area contributed by atoms with Crippen molar-refractivity contribution in [1.82, 2.24) is 8.87 Å². The van der Waals surface area contributed by atoms with Crippen LogP contribution in [0.2, 0.25) is 0 Å². The Bertz CT molecular complexity index is 1420. The quantitative estimate of drug-likeness (QED) is 0.512. The molecule has 0 aliphatic carbocycles. The molecule has 2 aliphatic heterocycles. The van der Waals surface area contributed by atoms with Crippen LogP contribution < -0.4 is 14.3 Å². The van der Waals surface area contributed by atoms with Crippen LogP contribution in [0.15, 0.2) is 46.3 Å². The Kier molecular flexibility index (Phi) is 6.69. The Morgan fingerprint density at radius 1 is 1.09 bits per heavy atom. The first-order valence-electron chi connectivity index (χ1n) is 12.0. The Morgan fingerprint density at radius 3 is 2.40 bits per heavy atom. The Balaban J connectivity index is 1.44. The summed E-state index contributed by atoms with van der Waals surface area (Å²) in [5, 5.41) is 0. The van der Waals surface area contributed by atoms with Gasteiger partial charge in [0.2, 0.25) is 10.0 Å². The highest BCUT2D eigenvalue weighted by atomic mass is 32.2. The SMILES string of the molecule is CCCn1c(=NC(=O)c2ccc(S(=O)(=O)N3CCC(C)CC3)cc2)sc2cc3c(cc21)OCCO3. The van der Waals surface area contributed by atoms with E-state index < -0.39 is 15.9 Å². The van der Waals surface area contributed by atoms with Crippen LogP contribution in [0.4, 0.5) is 0 Å². The maximum Gasteiger partial charge on any atom is 0.279 e. The van der Waals surface area contributed by atoms with Gasteiger partial charge >= 0.3 is 0 Å². The Labute approximate surface area is 208 Å². The third kappa shape index (κ3) is 4.74. The Hall–Kier alpha value is -2.69. The van der Waals surface area contributed by atoms with Crippen molar-refractivity contribution in [2.24, 2.45) is 10.9 Å². The maximum atomic E-state index is 13.0. The van der Waals surface area contributed by atoms with Gasteiger partial charge in [-0.05, 0) is 49.4 Å². The van der Waals surface area contributed by atoms with Crippen molar-refractivity contribution in [3.8, 4) is 11.5 Å². The zero-order valence-electron chi connectivity index (χ0n) is 19.9. The highest BCUT2D eigenvalue weighted by molar-refractivity contribution is 7.89. The summed E-state index contributed by atoms with van der Waals surface area (Å²) in [6.07, 6.45) is 2.61. The zero-order chi connectivity index (χ0) is 24.6. The minimum absolute atomic E-state index is 0.206. The molecule has 186 valence electrons. The number of aryl methyl sites for hydroxylation is 1. The fourth-order valence-electron chi connectivity index (χ4n) is 4.43. The number of sulfonamides is 1. The standard InChI is InChI=1S/C25H29N3O5S2/c1-3-10-28-20-15-21-22(33-14-13-32-21)16-23(20)34-25(28)26-24(29)18-4-6-19(7-5-18)35(30,31)27-11-8-17(2)9-12-27/h4-7,15-17H,3,8-14H2,1-2H3. The number of benzene rings is 2. The fraction of sp³-hybridized carbons (Fsp3) is 0.440. The topological polar surface area (TPSA) is 90.2 Å². The molecule has 1 amide bonds. The molecule has 5 rings (SSSR count). The molecule has 0 N–H and O–H groups in total. The van der Waals surface area contributed by atoms with Gasteiger partial charge in [0.05, 0.1) is 15.1 Å². The van der Waals surface area contributed by atoms with E-state index in [1.54, 1.807) is 12.1 Å². The monoisotopic (exact) mass is 515 g/mol. The number of carbonyl (C=O) groups excluding carboxylic acids is 1. The van der Waals surface area contributed by atoms with Crippen LogP contribution in [0.25, 0.3) is 10.2 Å². The van der Waals surface area contributed by atoms with Gasteiger partial charge in [-0.2, -0.15) is 9.30 Å². The smallest absolute Gasteiger partial charge is 0.279 e. The molecule has 1 aromatic heterocycles. The summed E-state index contributed by atoms with van der Waals surface area (Å²) in [4.78, 5) is 18.2. The van der Waals surface area contributed by atoms with Crippen molar-refractivity contribution in [2.75, 3.05) is 26.3 Å². The van der Waals surface area contributed by atoms with E-state index >= 15 is 0 Å². The number of nitrogens with zero attached hydrogens (tertiary/aromatic N) is 3. The van der Waals surface area contributed by atoms with E-state index in [4.69, 9.17) is 9.47 Å². The predicted octanol–water partition coefficient (Wildman–Crippen LogP) is 4.05. The third-order valence-corrected chi connectivity index (χ3v) is 9.43. The van der Waals surface area contributed by atoms with Crippen molar-refractivity contribution >= 4 is 37.5 Å². The number of amides is 1. The molecule has 0 saturated carbocycles. The molecule has 8 nitrogen and oxygen atoms in total. The number of ether oxygens (including phenoxy) is 2. The zero-order valence-corrected chi connectivity index (χ0v) is 21.5. The van der Waals surface area contributed by atoms with Gasteiger partial charge in [0.1, 0.15) is 13.2 Å². The van der Waals surface area contributed by atoms with E-state index in [0.717, 1.165) is 29.5 Å². The summed E-state index contributed by atoms with van der Waals surface area (Å²) in [6, 6.07) is 9.98. The van der Waals surface area contributed by atoms with Crippen molar-refractivity contribution in [2.45, 2.75) is 44.6 Å². The lowest BCUT2D eigenvalue weighted by atomic mass is 10.0. The lowest BCUT2D eigenvalue weighted by Gasteiger charge is -2.29. The molecular formula is C25H29N3O5S2. The average Bonchev–Trinajstić information content (AvgIpc) is 3.18. The van der Waals surface area contributed by atoms with E-state index in [9.17, 15) is 13.2 Å². The Morgan fingerprint density at radius 2 is 1.74 bits per heavy atom. The largest absolute Gasteiger partial charge is 0.486 e. The first kappa shape index (κ1) is 24.0. The van der Waals surface area contributed by atoms with Gasteiger partial charge in [0, 0.05) is 37.3 Å². The number of carbonyl (C=O) groups is 1. The summed E-state index contributed by atoms with van der Waals surface area (Å²) >= 11 is 1.42. The molecule has 1 fully saturated rings. The molecule has 3 aromatic rings. The van der Waals surface area contributed by atoms with Gasteiger partial charge in [-0.25, -0.2) is 8.42 Å². The van der Waals surface area contributed by atoms with Gasteiger partial charge in [0.25, 0.3) is 5.91 Å². The van der Waals surface area contributed by atoms with E-state index in [0.29, 0.717) is 60.6 Å². The maximum absolute atomic E-state index is 13.0. The average molecular weight is 516 g/mol. The van der Waals surface area contributed by atoms with Gasteiger partial charge in [-0.3, -0.25) is 4.79 Å². The number of thiazole rings is 1. The first-order chi connectivity index (χ1) is 16.9. The van der Waals surface area contributed by atoms with Crippen molar-refractivity contribution in [1.29, 1.82) is 0 Å². The number of hydrogen-bond donors (Lipinski definition) is 0. The van der Waals surface area contributed by atoms with Crippen LogP contribution in [0.3, 0.4) is 0 Å². The third-order valence-electron chi connectivity index (χ3n) is 6.47. The van der Waals surface area contributed by atoms with Gasteiger partial charge < -0.3 is 14.0 Å². The number of fused-ring (bicyclic) bond motifs is 2. The van der Waals surface area contributed by atoms with Gasteiger partial charge in [0.15, 0.2) is 16.3 Å². The minimum atomic E-state index is -3.56. The van der Waals surface area contributed by atoms with Crippen LogP contribution in [0.1, 0.15) is 43.5 Å². The molecule has 2 aromatic carbocycles. The molecule has 2 aliphatic rings. The molecule has 35 heavy (non-hydrogen) atoms. The fourth-order valence-corrected chi connectivity index (χ4v) is 6.96. The predicted molar refractivity (Wildman–Crippen MR) is 135 cm³/mol. The molecule has 3 heterocycles. The van der Waals surface area contributed by atoms with Gasteiger partial charge in [-0.1, -0.05) is 25.2 Å². The molecule has 0 bridgehead atoms. The van der Waals surface area contributed by atoms with E-state index in [2.05, 4.69) is 18.8 Å². The number of hydrogen-bond acceptors (Lipinski definition) is 6. The lowest BCUT2D eigenvalue weighted by molar-refractivity contribution is 0.0997. The summed E-state index contributed by atoms with van der Waals surface area (Å²) in [7, 11) is -3.56. The van der Waals surface area contributed by atoms with E-state index in [-0.39, 0.29) is 4.90 Å². The van der Waals surface area contributed by atoms with Crippen LogP contribution in [0.5, 0.6) is 11.5 Å². The minimum Gasteiger partial charge on any atom is -0.486 e. The van der Waals surface area contributed by atoms with Crippen molar-refractivity contribution in [3.05, 3.63) is 46.8 Å². The highest BCUT2D eigenvalue weighted by Crippen LogP contribution is 2.35. The van der Waals surface area contributed by atoms with Gasteiger partial charge in [-0.15, -0.1) is 0 Å². The second kappa shape index (κ2) is 9.75. The molecule has 0 unspecified atom stereocenters. The van der Waals surface area contributed by atoms with E-state index in [1.807, 2.05) is 16.7 Å². The van der Waals surface area contributed by atoms with Crippen molar-refractivity contribution < 1.29 is 22.7 Å². The highest BCUT2D eigenvalue weighted by Gasteiger charge is 2.28. The second-order valence-corrected chi connectivity index (χ2v) is 12.0. The number of rotatable bonds is 5. The van der Waals surface area contributed by atoms with Crippen LogP contribution in [-0.2, 0) is 16.6 Å². The summed E-state index contributed by atoms with van der Waals surface area (Å²) in [5.74, 6) is 1.53. The number of piperidine rings is 1. The van der Waals surface area contributed by atoms with Crippen LogP contribution in [0, 0.1) is 5.92 Å². The summed E-state index contributed by atoms with van der Waals surface area (Å²) in [5.41, 5.74) is 1.30. The van der Waals surface area contributed by atoms with Crippen LogP contribution in [-0.4, -0.2) is 49.5 Å². The molecular weight excluding hydrogens is 486 g/mol. The van der Waals surface area contributed by atoms with Crippen molar-refractivity contribution in [3.63, 3.8) is 0 Å². The lowest BCUT2D eigenvalue weighted by Crippen LogP contribution is -2.37. The molecule has 0 atom stereocenters. The van der Waals surface area contributed by atoms with E-state index in [1.165, 1.54) is 27.8 Å². The molecule has 10 heteroatoms. The molecule has 0 radical (unpaired) electrons. The first-order valence-corrected chi connectivity index (χ1v) is 14.2. The summed E-state index contributed by atoms with van der Waals surface area (Å²) in [6.45, 7) is 7.00. The van der Waals surface area contributed by atoms with Crippen LogP contribution >= 0.6 is 11.3 Å². The molecule has 1 saturated heterocycles. The molecule has 0 spiro atoms. The normalized spacial score (nSPS) is 17.7. The summed E-state index contributed by atoms with van der Waals surface area (Å²) < 4.78 is 41.9. The number of aromatic nitrogens is 1.